The summed E-state index contributed by atoms with van der Waals surface area (Å²) in [5, 5.41) is 2.76. The van der Waals surface area contributed by atoms with Gasteiger partial charge >= 0.3 is 5.97 Å². The van der Waals surface area contributed by atoms with Gasteiger partial charge in [-0.2, -0.15) is 0 Å². The van der Waals surface area contributed by atoms with Crippen molar-refractivity contribution < 1.29 is 14.3 Å². The Morgan fingerprint density at radius 2 is 2.15 bits per heavy atom. The maximum Gasteiger partial charge on any atom is 0.305 e. The lowest BCUT2D eigenvalue weighted by molar-refractivity contribution is -0.140. The molecule has 6 heteroatoms. The van der Waals surface area contributed by atoms with Crippen LogP contribution in [-0.4, -0.2) is 31.3 Å². The van der Waals surface area contributed by atoms with Crippen molar-refractivity contribution in [2.24, 2.45) is 0 Å². The van der Waals surface area contributed by atoms with Gasteiger partial charge in [0.2, 0.25) is 5.91 Å². The Bertz CT molecular complexity index is 477. The monoisotopic (exact) mass is 296 g/mol. The van der Waals surface area contributed by atoms with Crippen molar-refractivity contribution in [3.05, 3.63) is 23.8 Å². The van der Waals surface area contributed by atoms with Gasteiger partial charge in [-0.1, -0.05) is 6.07 Å². The highest BCUT2D eigenvalue weighted by Crippen LogP contribution is 2.25. The lowest BCUT2D eigenvalue weighted by Crippen LogP contribution is -2.26. The number of methoxy groups -OCH3 is 1. The standard InChI is InChI=1S/C14H20N2O3S/c1-10-5-6-11(15)12(8-10)20-9-13(17)16-7-3-4-14(18)19-2/h5-6,8H,3-4,7,9,15H2,1-2H3,(H,16,17). The Morgan fingerprint density at radius 3 is 2.85 bits per heavy atom. The summed E-state index contributed by atoms with van der Waals surface area (Å²) in [6.07, 6.45) is 0.893. The van der Waals surface area contributed by atoms with Crippen LogP contribution in [0.1, 0.15) is 18.4 Å². The minimum Gasteiger partial charge on any atom is -0.469 e. The molecule has 0 bridgehead atoms. The smallest absolute Gasteiger partial charge is 0.305 e. The summed E-state index contributed by atoms with van der Waals surface area (Å²) in [4.78, 5) is 23.4. The van der Waals surface area contributed by atoms with E-state index in [2.05, 4.69) is 10.1 Å². The van der Waals surface area contributed by atoms with Crippen molar-refractivity contribution in [2.45, 2.75) is 24.7 Å². The molecule has 1 amide bonds. The fourth-order valence-corrected chi connectivity index (χ4v) is 2.42. The highest BCUT2D eigenvalue weighted by molar-refractivity contribution is 8.00. The van der Waals surface area contributed by atoms with Crippen LogP contribution < -0.4 is 11.1 Å². The Balaban J connectivity index is 2.26. The van der Waals surface area contributed by atoms with Crippen LogP contribution in [0.3, 0.4) is 0 Å². The number of rotatable bonds is 7. The number of anilines is 1. The van der Waals surface area contributed by atoms with Crippen LogP contribution in [0.5, 0.6) is 0 Å². The van der Waals surface area contributed by atoms with Crippen molar-refractivity contribution in [1.82, 2.24) is 5.32 Å². The van der Waals surface area contributed by atoms with Crippen LogP contribution in [0.15, 0.2) is 23.1 Å². The first-order valence-corrected chi connectivity index (χ1v) is 7.34. The molecule has 0 saturated heterocycles. The van der Waals surface area contributed by atoms with Crippen LogP contribution in [0.25, 0.3) is 0 Å². The predicted molar refractivity (Wildman–Crippen MR) is 80.6 cm³/mol. The van der Waals surface area contributed by atoms with Gasteiger partial charge in [-0.05, 0) is 31.0 Å². The zero-order chi connectivity index (χ0) is 15.0. The number of nitrogen functional groups attached to an aromatic ring is 1. The van der Waals surface area contributed by atoms with Crippen LogP contribution >= 0.6 is 11.8 Å². The molecule has 0 saturated carbocycles. The summed E-state index contributed by atoms with van der Waals surface area (Å²) >= 11 is 1.41. The fraction of sp³-hybridized carbons (Fsp3) is 0.429. The SMILES string of the molecule is COC(=O)CCCNC(=O)CSc1cc(C)ccc1N. The molecule has 0 aliphatic heterocycles. The second-order valence-corrected chi connectivity index (χ2v) is 5.38. The first-order valence-electron chi connectivity index (χ1n) is 6.35. The number of benzene rings is 1. The zero-order valence-electron chi connectivity index (χ0n) is 11.8. The van der Waals surface area contributed by atoms with Gasteiger partial charge in [-0.15, -0.1) is 11.8 Å². The van der Waals surface area contributed by atoms with Crippen molar-refractivity contribution in [3.63, 3.8) is 0 Å². The normalized spacial score (nSPS) is 10.1. The maximum atomic E-state index is 11.6. The van der Waals surface area contributed by atoms with Gasteiger partial charge in [0.15, 0.2) is 0 Å². The van der Waals surface area contributed by atoms with E-state index in [4.69, 9.17) is 5.73 Å². The maximum absolute atomic E-state index is 11.6. The molecule has 3 N–H and O–H groups in total. The molecule has 1 aromatic carbocycles. The zero-order valence-corrected chi connectivity index (χ0v) is 12.6. The molecule has 0 spiro atoms. The van der Waals surface area contributed by atoms with E-state index >= 15 is 0 Å². The summed E-state index contributed by atoms with van der Waals surface area (Å²) in [6.45, 7) is 2.45. The quantitative estimate of drug-likeness (QED) is 0.347. The second-order valence-electron chi connectivity index (χ2n) is 4.36. The third kappa shape index (κ3) is 5.97. The number of aryl methyl sites for hydroxylation is 1. The van der Waals surface area contributed by atoms with Crippen LogP contribution in [0, 0.1) is 6.92 Å². The lowest BCUT2D eigenvalue weighted by atomic mass is 10.2. The topological polar surface area (TPSA) is 81.4 Å². The van der Waals surface area contributed by atoms with Crippen molar-refractivity contribution in [2.75, 3.05) is 25.1 Å². The van der Waals surface area contributed by atoms with Crippen molar-refractivity contribution in [3.8, 4) is 0 Å². The molecule has 0 atom stereocenters. The third-order valence-electron chi connectivity index (χ3n) is 2.64. The average Bonchev–Trinajstić information content (AvgIpc) is 2.44. The number of ether oxygens (including phenoxy) is 1. The Labute approximate surface area is 123 Å². The van der Waals surface area contributed by atoms with E-state index in [0.29, 0.717) is 30.8 Å². The number of hydrogen-bond acceptors (Lipinski definition) is 5. The van der Waals surface area contributed by atoms with E-state index in [1.807, 2.05) is 25.1 Å². The van der Waals surface area contributed by atoms with Gasteiger partial charge in [0.25, 0.3) is 0 Å². The van der Waals surface area contributed by atoms with Crippen LogP contribution in [-0.2, 0) is 14.3 Å². The predicted octanol–water partition coefficient (Wildman–Crippen LogP) is 1.74. The number of carbonyl (C=O) groups is 2. The number of esters is 1. The fourth-order valence-electron chi connectivity index (χ4n) is 1.52. The molecule has 0 heterocycles. The summed E-state index contributed by atoms with van der Waals surface area (Å²) in [5.74, 6) is -0.0202. The summed E-state index contributed by atoms with van der Waals surface area (Å²) < 4.78 is 4.52. The molecule has 0 fully saturated rings. The molecular formula is C14H20N2O3S. The molecule has 5 nitrogen and oxygen atoms in total. The van der Waals surface area contributed by atoms with Crippen LogP contribution in [0.2, 0.25) is 0 Å². The van der Waals surface area contributed by atoms with E-state index in [9.17, 15) is 9.59 Å². The first kappa shape index (κ1) is 16.4. The molecule has 0 aliphatic rings. The number of thioether (sulfide) groups is 1. The van der Waals surface area contributed by atoms with E-state index in [1.165, 1.54) is 18.9 Å². The molecule has 20 heavy (non-hydrogen) atoms. The Kier molecular flexibility index (Phi) is 6.93. The number of nitrogens with one attached hydrogen (secondary N) is 1. The highest BCUT2D eigenvalue weighted by atomic mass is 32.2. The van der Waals surface area contributed by atoms with E-state index < -0.39 is 0 Å². The van der Waals surface area contributed by atoms with Gasteiger partial charge < -0.3 is 15.8 Å². The number of nitrogens with two attached hydrogens (primary N) is 1. The first-order chi connectivity index (χ1) is 9.52. The number of hydrogen-bond donors (Lipinski definition) is 2. The van der Waals surface area contributed by atoms with Gasteiger partial charge in [0.1, 0.15) is 0 Å². The van der Waals surface area contributed by atoms with Gasteiger partial charge in [0.05, 0.1) is 12.9 Å². The van der Waals surface area contributed by atoms with Gasteiger partial charge in [-0.25, -0.2) is 0 Å². The highest BCUT2D eigenvalue weighted by Gasteiger charge is 2.06. The molecule has 1 aromatic rings. The average molecular weight is 296 g/mol. The summed E-state index contributed by atoms with van der Waals surface area (Å²) in [7, 11) is 1.35. The van der Waals surface area contributed by atoms with Gasteiger partial charge in [-0.3, -0.25) is 9.59 Å². The largest absolute Gasteiger partial charge is 0.469 e. The minimum absolute atomic E-state index is 0.0687. The van der Waals surface area contributed by atoms with Gasteiger partial charge in [0, 0.05) is 23.5 Å². The summed E-state index contributed by atoms with van der Waals surface area (Å²) in [6, 6.07) is 5.74. The molecule has 1 rings (SSSR count). The van der Waals surface area contributed by atoms with E-state index in [0.717, 1.165) is 10.5 Å². The molecule has 0 radical (unpaired) electrons. The van der Waals surface area contributed by atoms with E-state index in [-0.39, 0.29) is 11.9 Å². The molecular weight excluding hydrogens is 276 g/mol. The third-order valence-corrected chi connectivity index (χ3v) is 3.71. The molecule has 0 unspecified atom stereocenters. The minimum atomic E-state index is -0.263. The molecule has 0 aromatic heterocycles. The lowest BCUT2D eigenvalue weighted by Gasteiger charge is -2.07. The number of amides is 1. The Hall–Kier alpha value is -1.69. The van der Waals surface area contributed by atoms with E-state index in [1.54, 1.807) is 0 Å². The molecule has 110 valence electrons. The molecule has 0 aliphatic carbocycles. The van der Waals surface area contributed by atoms with Crippen molar-refractivity contribution >= 4 is 29.3 Å². The summed E-state index contributed by atoms with van der Waals surface area (Å²) in [5.41, 5.74) is 7.63. The second kappa shape index (κ2) is 8.47. The van der Waals surface area contributed by atoms with Crippen LogP contribution in [0.4, 0.5) is 5.69 Å². The number of carbonyl (C=O) groups excluding carboxylic acids is 2. The Morgan fingerprint density at radius 1 is 1.40 bits per heavy atom. The van der Waals surface area contributed by atoms with Crippen molar-refractivity contribution in [1.29, 1.82) is 0 Å².